The lowest BCUT2D eigenvalue weighted by Gasteiger charge is -2.27. The van der Waals surface area contributed by atoms with Gasteiger partial charge in [-0.05, 0) is 44.0 Å². The van der Waals surface area contributed by atoms with E-state index in [2.05, 4.69) is 0 Å². The molecule has 0 unspecified atom stereocenters. The molecule has 0 saturated heterocycles. The van der Waals surface area contributed by atoms with Crippen LogP contribution in [0.4, 0.5) is 10.1 Å². The van der Waals surface area contributed by atoms with Crippen molar-refractivity contribution < 1.29 is 4.39 Å². The minimum absolute atomic E-state index is 0.225. The molecule has 0 aromatic heterocycles. The molecule has 1 fully saturated rings. The van der Waals surface area contributed by atoms with Crippen LogP contribution in [0, 0.1) is 17.1 Å². The van der Waals surface area contributed by atoms with Crippen molar-refractivity contribution in [3.8, 4) is 0 Å². The number of hydrogen-bond donors (Lipinski definition) is 1. The van der Waals surface area contributed by atoms with E-state index in [9.17, 15) is 4.39 Å². The third-order valence-electron chi connectivity index (χ3n) is 3.49. The summed E-state index contributed by atoms with van der Waals surface area (Å²) in [5.74, 6) is 0.855. The molecule has 92 valence electrons. The fourth-order valence-corrected chi connectivity index (χ4v) is 2.53. The van der Waals surface area contributed by atoms with Crippen LogP contribution in [-0.2, 0) is 0 Å². The number of halogens is 1. The Kier molecular flexibility index (Phi) is 3.77. The molecule has 17 heavy (non-hydrogen) atoms. The molecule has 0 heterocycles. The highest BCUT2D eigenvalue weighted by molar-refractivity contribution is 5.97. The molecule has 3 heteroatoms. The maximum absolute atomic E-state index is 12.9. The molecule has 1 aliphatic carbocycles. The molecule has 0 atom stereocenters. The fraction of sp³-hybridized carbons (Fsp3) is 0.500. The Balaban J connectivity index is 2.14. The summed E-state index contributed by atoms with van der Waals surface area (Å²) in [5, 5.41) is 8.27. The predicted octanol–water partition coefficient (Wildman–Crippen LogP) is 3.82. The van der Waals surface area contributed by atoms with Gasteiger partial charge in [0.1, 0.15) is 11.7 Å². The van der Waals surface area contributed by atoms with Gasteiger partial charge in [0, 0.05) is 18.2 Å². The predicted molar refractivity (Wildman–Crippen MR) is 69.1 cm³/mol. The third kappa shape index (κ3) is 2.65. The van der Waals surface area contributed by atoms with Gasteiger partial charge in [-0.1, -0.05) is 12.8 Å². The number of nitrogens with zero attached hydrogens (tertiary/aromatic N) is 1. The summed E-state index contributed by atoms with van der Waals surface area (Å²) in [6, 6.07) is 6.42. The van der Waals surface area contributed by atoms with E-state index < -0.39 is 0 Å². The van der Waals surface area contributed by atoms with Crippen LogP contribution < -0.4 is 4.90 Å². The Bertz CT molecular complexity index is 380. The maximum atomic E-state index is 12.9. The summed E-state index contributed by atoms with van der Waals surface area (Å²) in [6.07, 6.45) is 4.70. The van der Waals surface area contributed by atoms with Crippen LogP contribution >= 0.6 is 0 Å². The number of hydrogen-bond acceptors (Lipinski definition) is 1. The van der Waals surface area contributed by atoms with Gasteiger partial charge in [-0.15, -0.1) is 0 Å². The topological polar surface area (TPSA) is 27.1 Å². The molecule has 2 rings (SSSR count). The van der Waals surface area contributed by atoms with Crippen molar-refractivity contribution in [1.29, 1.82) is 5.41 Å². The van der Waals surface area contributed by atoms with E-state index in [0.29, 0.717) is 11.8 Å². The molecule has 0 radical (unpaired) electrons. The zero-order valence-corrected chi connectivity index (χ0v) is 10.2. The van der Waals surface area contributed by atoms with Crippen LogP contribution in [0.15, 0.2) is 24.3 Å². The lowest BCUT2D eigenvalue weighted by Crippen LogP contribution is -2.34. The van der Waals surface area contributed by atoms with Gasteiger partial charge in [0.25, 0.3) is 0 Å². The van der Waals surface area contributed by atoms with Gasteiger partial charge < -0.3 is 4.90 Å². The molecule has 0 bridgehead atoms. The molecule has 1 aromatic rings. The third-order valence-corrected chi connectivity index (χ3v) is 3.49. The lowest BCUT2D eigenvalue weighted by molar-refractivity contribution is 0.627. The minimum atomic E-state index is -0.225. The molecular weight excluding hydrogens is 215 g/mol. The Hall–Kier alpha value is -1.38. The Morgan fingerprint density at radius 2 is 1.88 bits per heavy atom. The van der Waals surface area contributed by atoms with Gasteiger partial charge in [-0.25, -0.2) is 4.39 Å². The van der Waals surface area contributed by atoms with Gasteiger partial charge >= 0.3 is 0 Å². The van der Waals surface area contributed by atoms with E-state index in [0.717, 1.165) is 25.1 Å². The van der Waals surface area contributed by atoms with Crippen LogP contribution in [0.25, 0.3) is 0 Å². The van der Waals surface area contributed by atoms with Crippen molar-refractivity contribution in [1.82, 2.24) is 0 Å². The largest absolute Gasteiger partial charge is 0.330 e. The van der Waals surface area contributed by atoms with Crippen LogP contribution in [0.3, 0.4) is 0 Å². The molecule has 1 aromatic carbocycles. The second kappa shape index (κ2) is 5.30. The number of amidine groups is 1. The van der Waals surface area contributed by atoms with Crippen molar-refractivity contribution in [2.24, 2.45) is 5.92 Å². The van der Waals surface area contributed by atoms with E-state index in [-0.39, 0.29) is 5.82 Å². The summed E-state index contributed by atoms with van der Waals surface area (Å²) in [5.41, 5.74) is 0.922. The normalized spacial score (nSPS) is 16.1. The van der Waals surface area contributed by atoms with Crippen molar-refractivity contribution in [2.75, 3.05) is 11.4 Å². The van der Waals surface area contributed by atoms with Crippen molar-refractivity contribution in [2.45, 2.75) is 32.6 Å². The SMILES string of the molecule is CCN(C(=N)C1CCCC1)c1ccc(F)cc1. The molecule has 0 aliphatic heterocycles. The highest BCUT2D eigenvalue weighted by atomic mass is 19.1. The summed E-state index contributed by atoms with van der Waals surface area (Å²) in [4.78, 5) is 1.98. The van der Waals surface area contributed by atoms with Crippen LogP contribution in [0.1, 0.15) is 32.6 Å². The molecule has 0 spiro atoms. The van der Waals surface area contributed by atoms with Gasteiger partial charge in [0.05, 0.1) is 0 Å². The first-order valence-electron chi connectivity index (χ1n) is 6.34. The first-order valence-corrected chi connectivity index (χ1v) is 6.34. The van der Waals surface area contributed by atoms with E-state index in [1.54, 1.807) is 12.1 Å². The zero-order valence-electron chi connectivity index (χ0n) is 10.2. The quantitative estimate of drug-likeness (QED) is 0.624. The van der Waals surface area contributed by atoms with E-state index in [1.165, 1.54) is 25.0 Å². The maximum Gasteiger partial charge on any atom is 0.123 e. The molecule has 2 nitrogen and oxygen atoms in total. The molecule has 1 N–H and O–H groups in total. The molecular formula is C14H19FN2. The first kappa shape index (κ1) is 12.1. The van der Waals surface area contributed by atoms with Gasteiger partial charge in [0.2, 0.25) is 0 Å². The van der Waals surface area contributed by atoms with Crippen LogP contribution in [0.5, 0.6) is 0 Å². The molecule has 0 amide bonds. The van der Waals surface area contributed by atoms with Crippen molar-refractivity contribution >= 4 is 11.5 Å². The Morgan fingerprint density at radius 3 is 2.41 bits per heavy atom. The second-order valence-corrected chi connectivity index (χ2v) is 4.59. The van der Waals surface area contributed by atoms with E-state index >= 15 is 0 Å². The lowest BCUT2D eigenvalue weighted by atomic mass is 10.1. The van der Waals surface area contributed by atoms with Crippen molar-refractivity contribution in [3.05, 3.63) is 30.1 Å². The Morgan fingerprint density at radius 1 is 1.29 bits per heavy atom. The van der Waals surface area contributed by atoms with Gasteiger partial charge in [0.15, 0.2) is 0 Å². The zero-order chi connectivity index (χ0) is 12.3. The number of nitrogens with one attached hydrogen (secondary N) is 1. The number of anilines is 1. The standard InChI is InChI=1S/C14H19FN2/c1-2-17(13-9-7-12(15)8-10-13)14(16)11-5-3-4-6-11/h7-11,16H,2-6H2,1H3. The van der Waals surface area contributed by atoms with Crippen molar-refractivity contribution in [3.63, 3.8) is 0 Å². The summed E-state index contributed by atoms with van der Waals surface area (Å²) < 4.78 is 12.9. The average Bonchev–Trinajstić information content (AvgIpc) is 2.86. The molecule has 1 aliphatic rings. The highest BCUT2D eigenvalue weighted by Gasteiger charge is 2.23. The van der Waals surface area contributed by atoms with Gasteiger partial charge in [-0.2, -0.15) is 0 Å². The summed E-state index contributed by atoms with van der Waals surface area (Å²) >= 11 is 0. The monoisotopic (exact) mass is 234 g/mol. The average molecular weight is 234 g/mol. The number of rotatable bonds is 3. The first-order chi connectivity index (χ1) is 8.22. The van der Waals surface area contributed by atoms with Gasteiger partial charge in [-0.3, -0.25) is 5.41 Å². The minimum Gasteiger partial charge on any atom is -0.330 e. The summed E-state index contributed by atoms with van der Waals surface area (Å²) in [7, 11) is 0. The summed E-state index contributed by atoms with van der Waals surface area (Å²) in [6.45, 7) is 2.80. The Labute approximate surface area is 102 Å². The molecule has 1 saturated carbocycles. The second-order valence-electron chi connectivity index (χ2n) is 4.59. The van der Waals surface area contributed by atoms with E-state index in [4.69, 9.17) is 5.41 Å². The highest BCUT2D eigenvalue weighted by Crippen LogP contribution is 2.28. The van der Waals surface area contributed by atoms with E-state index in [1.807, 2.05) is 11.8 Å². The fourth-order valence-electron chi connectivity index (χ4n) is 2.53. The van der Waals surface area contributed by atoms with Crippen LogP contribution in [0.2, 0.25) is 0 Å². The smallest absolute Gasteiger partial charge is 0.123 e. The number of benzene rings is 1. The van der Waals surface area contributed by atoms with Crippen LogP contribution in [-0.4, -0.2) is 12.4 Å².